The van der Waals surface area contributed by atoms with Gasteiger partial charge < -0.3 is 29.8 Å². The highest BCUT2D eigenvalue weighted by Gasteiger charge is 2.16. The van der Waals surface area contributed by atoms with Gasteiger partial charge >= 0.3 is 0 Å². The lowest BCUT2D eigenvalue weighted by Crippen LogP contribution is -2.38. The third kappa shape index (κ3) is 4.22. The van der Waals surface area contributed by atoms with E-state index in [1.807, 2.05) is 17.0 Å². The van der Waals surface area contributed by atoms with Crippen molar-refractivity contribution in [2.45, 2.75) is 19.4 Å². The molecule has 2 heterocycles. The lowest BCUT2D eigenvalue weighted by atomic mass is 10.1. The molecule has 148 valence electrons. The van der Waals surface area contributed by atoms with Crippen molar-refractivity contribution >= 4 is 23.0 Å². The van der Waals surface area contributed by atoms with Crippen molar-refractivity contribution < 1.29 is 14.6 Å². The Morgan fingerprint density at radius 3 is 2.36 bits per heavy atom. The monoisotopic (exact) mass is 380 g/mol. The molecule has 0 aromatic heterocycles. The molecule has 2 aliphatic rings. The molecule has 4 rings (SSSR count). The predicted molar refractivity (Wildman–Crippen MR) is 109 cm³/mol. The fourth-order valence-corrected chi connectivity index (χ4v) is 3.89. The molecule has 2 aromatic rings. The number of nitrogens with zero attached hydrogens (tertiary/aromatic N) is 2. The Hall–Kier alpha value is -2.73. The van der Waals surface area contributed by atoms with Crippen molar-refractivity contribution in [1.29, 1.82) is 0 Å². The maximum Gasteiger partial charge on any atom is 0.0736 e. The minimum Gasteiger partial charge on any atom is -0.545 e. The Balaban J connectivity index is 1.42. The van der Waals surface area contributed by atoms with E-state index < -0.39 is 5.97 Å². The highest BCUT2D eigenvalue weighted by molar-refractivity contribution is 5.94. The van der Waals surface area contributed by atoms with Gasteiger partial charge in [0.05, 0.1) is 19.2 Å². The molecule has 2 aromatic carbocycles. The topological polar surface area (TPSA) is 67.9 Å². The lowest BCUT2D eigenvalue weighted by molar-refractivity contribution is -0.254. The summed E-state index contributed by atoms with van der Waals surface area (Å²) in [5.41, 5.74) is 4.13. The highest BCUT2D eigenvalue weighted by atomic mass is 16.5. The SMILES string of the molecule is O=C([O-])c1cc(NCc2ccc(N3CCCC3)cc2)ccc1N1CCOCC1. The molecule has 6 nitrogen and oxygen atoms in total. The maximum atomic E-state index is 11.7. The van der Waals surface area contributed by atoms with Gasteiger partial charge in [-0.15, -0.1) is 0 Å². The second-order valence-corrected chi connectivity index (χ2v) is 7.33. The van der Waals surface area contributed by atoms with Crippen LogP contribution in [-0.2, 0) is 11.3 Å². The van der Waals surface area contributed by atoms with Crippen LogP contribution in [0.15, 0.2) is 42.5 Å². The zero-order valence-corrected chi connectivity index (χ0v) is 16.0. The molecule has 0 saturated carbocycles. The molecule has 1 N–H and O–H groups in total. The molecule has 2 fully saturated rings. The van der Waals surface area contributed by atoms with Gasteiger partial charge in [-0.25, -0.2) is 0 Å². The number of morpholine rings is 1. The summed E-state index contributed by atoms with van der Waals surface area (Å²) in [6.45, 7) is 5.52. The Bertz CT molecular complexity index is 810. The summed E-state index contributed by atoms with van der Waals surface area (Å²) in [4.78, 5) is 16.1. The van der Waals surface area contributed by atoms with E-state index >= 15 is 0 Å². The van der Waals surface area contributed by atoms with Crippen molar-refractivity contribution in [2.24, 2.45) is 0 Å². The van der Waals surface area contributed by atoms with Crippen molar-refractivity contribution in [3.05, 3.63) is 53.6 Å². The molecule has 28 heavy (non-hydrogen) atoms. The van der Waals surface area contributed by atoms with Gasteiger partial charge in [-0.3, -0.25) is 0 Å². The van der Waals surface area contributed by atoms with E-state index in [2.05, 4.69) is 34.5 Å². The number of carbonyl (C=O) groups is 1. The summed E-state index contributed by atoms with van der Waals surface area (Å²) in [5.74, 6) is -1.15. The van der Waals surface area contributed by atoms with Crippen LogP contribution in [0.5, 0.6) is 0 Å². The van der Waals surface area contributed by atoms with E-state index in [1.165, 1.54) is 18.5 Å². The zero-order chi connectivity index (χ0) is 19.3. The van der Waals surface area contributed by atoms with Crippen LogP contribution >= 0.6 is 0 Å². The Labute approximate surface area is 165 Å². The number of hydrogen-bond donors (Lipinski definition) is 1. The molecule has 0 radical (unpaired) electrons. The van der Waals surface area contributed by atoms with Gasteiger partial charge in [0.15, 0.2) is 0 Å². The largest absolute Gasteiger partial charge is 0.545 e. The molecule has 0 atom stereocenters. The minimum absolute atomic E-state index is 0.219. The Morgan fingerprint density at radius 2 is 1.68 bits per heavy atom. The minimum atomic E-state index is -1.15. The van der Waals surface area contributed by atoms with Crippen molar-refractivity contribution in [3.8, 4) is 0 Å². The standard InChI is InChI=1S/C22H27N3O3/c26-22(27)20-15-18(5-8-21(20)25-11-13-28-14-12-25)23-16-17-3-6-19(7-4-17)24-9-1-2-10-24/h3-8,15,23H,1-2,9-14,16H2,(H,26,27)/p-1. The first-order valence-corrected chi connectivity index (χ1v) is 9.96. The molecule has 0 amide bonds. The molecule has 0 bridgehead atoms. The van der Waals surface area contributed by atoms with Crippen LogP contribution in [0.3, 0.4) is 0 Å². The number of carboxylic acid groups (broad SMARTS) is 1. The van der Waals surface area contributed by atoms with Gasteiger partial charge in [0.25, 0.3) is 0 Å². The molecular weight excluding hydrogens is 354 g/mol. The third-order valence-electron chi connectivity index (χ3n) is 5.47. The normalized spacial score (nSPS) is 17.0. The second-order valence-electron chi connectivity index (χ2n) is 7.33. The number of benzene rings is 2. The fourth-order valence-electron chi connectivity index (χ4n) is 3.89. The van der Waals surface area contributed by atoms with Crippen LogP contribution in [0.1, 0.15) is 28.8 Å². The van der Waals surface area contributed by atoms with E-state index in [0.29, 0.717) is 38.5 Å². The number of ether oxygens (including phenoxy) is 1. The summed E-state index contributed by atoms with van der Waals surface area (Å²) >= 11 is 0. The van der Waals surface area contributed by atoms with Crippen molar-refractivity contribution in [1.82, 2.24) is 0 Å². The van der Waals surface area contributed by atoms with E-state index in [-0.39, 0.29) is 5.56 Å². The van der Waals surface area contributed by atoms with Gasteiger partial charge in [-0.05, 0) is 48.7 Å². The van der Waals surface area contributed by atoms with Crippen molar-refractivity contribution in [2.75, 3.05) is 54.5 Å². The molecule has 2 saturated heterocycles. The summed E-state index contributed by atoms with van der Waals surface area (Å²) in [6.07, 6.45) is 2.54. The first-order chi connectivity index (χ1) is 13.7. The van der Waals surface area contributed by atoms with Crippen LogP contribution < -0.4 is 20.2 Å². The average molecular weight is 380 g/mol. The van der Waals surface area contributed by atoms with Gasteiger partial charge in [0, 0.05) is 55.3 Å². The lowest BCUT2D eigenvalue weighted by Gasteiger charge is -2.31. The van der Waals surface area contributed by atoms with E-state index in [4.69, 9.17) is 4.74 Å². The number of carboxylic acids is 1. The van der Waals surface area contributed by atoms with Gasteiger partial charge in [0.2, 0.25) is 0 Å². The predicted octanol–water partition coefficient (Wildman–Crippen LogP) is 2.10. The van der Waals surface area contributed by atoms with Gasteiger partial charge in [0.1, 0.15) is 0 Å². The number of nitrogens with one attached hydrogen (secondary N) is 1. The number of rotatable bonds is 6. The van der Waals surface area contributed by atoms with Crippen LogP contribution in [0.25, 0.3) is 0 Å². The summed E-state index contributed by atoms with van der Waals surface area (Å²) in [7, 11) is 0. The van der Waals surface area contributed by atoms with Crippen LogP contribution in [0.2, 0.25) is 0 Å². The van der Waals surface area contributed by atoms with Gasteiger partial charge in [-0.1, -0.05) is 12.1 Å². The first kappa shape index (κ1) is 18.6. The quantitative estimate of drug-likeness (QED) is 0.828. The maximum absolute atomic E-state index is 11.7. The molecule has 0 aliphatic carbocycles. The second kappa shape index (κ2) is 8.52. The van der Waals surface area contributed by atoms with Crippen LogP contribution in [0, 0.1) is 0 Å². The fraction of sp³-hybridized carbons (Fsp3) is 0.409. The molecule has 2 aliphatic heterocycles. The van der Waals surface area contributed by atoms with E-state index in [9.17, 15) is 9.90 Å². The number of anilines is 3. The summed E-state index contributed by atoms with van der Waals surface area (Å²) in [6, 6.07) is 14.0. The highest BCUT2D eigenvalue weighted by Crippen LogP contribution is 2.26. The molecule has 0 unspecified atom stereocenters. The number of carbonyl (C=O) groups excluding carboxylic acids is 1. The average Bonchev–Trinajstić information content (AvgIpc) is 3.28. The molecular formula is C22H26N3O3-. The summed E-state index contributed by atoms with van der Waals surface area (Å²) < 4.78 is 5.35. The molecule has 0 spiro atoms. The first-order valence-electron chi connectivity index (χ1n) is 9.96. The number of aromatic carboxylic acids is 1. The zero-order valence-electron chi connectivity index (χ0n) is 16.0. The Morgan fingerprint density at radius 1 is 0.964 bits per heavy atom. The van der Waals surface area contributed by atoms with Crippen LogP contribution in [-0.4, -0.2) is 45.4 Å². The van der Waals surface area contributed by atoms with Crippen LogP contribution in [0.4, 0.5) is 17.1 Å². The van der Waals surface area contributed by atoms with Gasteiger partial charge in [-0.2, -0.15) is 0 Å². The van der Waals surface area contributed by atoms with Crippen molar-refractivity contribution in [3.63, 3.8) is 0 Å². The summed E-state index contributed by atoms with van der Waals surface area (Å²) in [5, 5.41) is 15.0. The van der Waals surface area contributed by atoms with E-state index in [1.54, 1.807) is 6.07 Å². The Kier molecular flexibility index (Phi) is 5.67. The number of hydrogen-bond acceptors (Lipinski definition) is 6. The smallest absolute Gasteiger partial charge is 0.0736 e. The van der Waals surface area contributed by atoms with E-state index in [0.717, 1.165) is 24.3 Å². The molecule has 6 heteroatoms. The third-order valence-corrected chi connectivity index (χ3v) is 5.47.